The maximum atomic E-state index is 12.6. The van der Waals surface area contributed by atoms with Gasteiger partial charge in [0.05, 0.1) is 12.7 Å². The third kappa shape index (κ3) is 3.06. The number of nitrogens with zero attached hydrogens (tertiary/aromatic N) is 1. The van der Waals surface area contributed by atoms with Crippen LogP contribution in [0.3, 0.4) is 0 Å². The van der Waals surface area contributed by atoms with Crippen molar-refractivity contribution in [2.75, 3.05) is 7.11 Å². The summed E-state index contributed by atoms with van der Waals surface area (Å²) in [6, 6.07) is 0.446. The van der Waals surface area contributed by atoms with Crippen molar-refractivity contribution in [3.8, 4) is 0 Å². The standard InChI is InChI=1S/C9H5F5INO2/c1-18-8(17)5-3(9(12,13)14)2-4(15)6(16-5)7(10)11/h2,7H,1H3. The van der Waals surface area contributed by atoms with E-state index >= 15 is 0 Å². The van der Waals surface area contributed by atoms with Crippen molar-refractivity contribution in [3.63, 3.8) is 0 Å². The van der Waals surface area contributed by atoms with Crippen LogP contribution in [0.25, 0.3) is 0 Å². The van der Waals surface area contributed by atoms with Crippen LogP contribution in [0.1, 0.15) is 28.2 Å². The number of rotatable bonds is 2. The fourth-order valence-electron chi connectivity index (χ4n) is 1.12. The molecule has 18 heavy (non-hydrogen) atoms. The molecule has 0 atom stereocenters. The van der Waals surface area contributed by atoms with E-state index < -0.39 is 35.5 Å². The zero-order valence-electron chi connectivity index (χ0n) is 8.69. The van der Waals surface area contributed by atoms with Crippen molar-refractivity contribution >= 4 is 28.6 Å². The summed E-state index contributed by atoms with van der Waals surface area (Å²) >= 11 is 1.30. The fourth-order valence-corrected chi connectivity index (χ4v) is 1.79. The van der Waals surface area contributed by atoms with E-state index in [-0.39, 0.29) is 3.57 Å². The normalized spacial score (nSPS) is 11.8. The lowest BCUT2D eigenvalue weighted by Gasteiger charge is -2.13. The molecule has 0 aliphatic heterocycles. The van der Waals surface area contributed by atoms with Gasteiger partial charge in [-0.25, -0.2) is 18.6 Å². The monoisotopic (exact) mass is 381 g/mol. The molecule has 100 valence electrons. The number of carbonyl (C=O) groups is 1. The van der Waals surface area contributed by atoms with E-state index in [1.54, 1.807) is 0 Å². The number of ether oxygens (including phenoxy) is 1. The molecule has 0 aliphatic rings. The molecule has 0 saturated heterocycles. The number of hydrogen-bond acceptors (Lipinski definition) is 3. The van der Waals surface area contributed by atoms with Crippen LogP contribution in [0.5, 0.6) is 0 Å². The predicted molar refractivity (Wildman–Crippen MR) is 58.3 cm³/mol. The average Bonchev–Trinajstić information content (AvgIpc) is 2.26. The van der Waals surface area contributed by atoms with Crippen molar-refractivity contribution in [2.24, 2.45) is 0 Å². The van der Waals surface area contributed by atoms with Gasteiger partial charge >= 0.3 is 12.1 Å². The molecule has 0 fully saturated rings. The van der Waals surface area contributed by atoms with Gasteiger partial charge < -0.3 is 4.74 Å². The smallest absolute Gasteiger partial charge is 0.418 e. The van der Waals surface area contributed by atoms with Crippen LogP contribution in [0.15, 0.2) is 6.07 Å². The van der Waals surface area contributed by atoms with Crippen molar-refractivity contribution in [1.82, 2.24) is 4.98 Å². The van der Waals surface area contributed by atoms with Crippen LogP contribution in [-0.2, 0) is 10.9 Å². The second-order valence-electron chi connectivity index (χ2n) is 3.04. The molecular weight excluding hydrogens is 376 g/mol. The number of hydrogen-bond donors (Lipinski definition) is 0. The Morgan fingerprint density at radius 2 is 2.00 bits per heavy atom. The Bertz CT molecular complexity index is 475. The third-order valence-corrected chi connectivity index (χ3v) is 2.76. The Morgan fingerprint density at radius 1 is 1.44 bits per heavy atom. The second-order valence-corrected chi connectivity index (χ2v) is 4.20. The number of aromatic nitrogens is 1. The van der Waals surface area contributed by atoms with Gasteiger partial charge in [-0.05, 0) is 28.7 Å². The Morgan fingerprint density at radius 3 is 2.39 bits per heavy atom. The first-order valence-corrected chi connectivity index (χ1v) is 5.40. The largest absolute Gasteiger partial charge is 0.464 e. The third-order valence-electron chi connectivity index (χ3n) is 1.89. The molecule has 0 saturated carbocycles. The number of pyridine rings is 1. The number of methoxy groups -OCH3 is 1. The van der Waals surface area contributed by atoms with Gasteiger partial charge in [0.25, 0.3) is 6.43 Å². The minimum absolute atomic E-state index is 0.373. The SMILES string of the molecule is COC(=O)c1nc(C(F)F)c(I)cc1C(F)(F)F. The van der Waals surface area contributed by atoms with Gasteiger partial charge in [-0.15, -0.1) is 0 Å². The molecule has 1 aromatic heterocycles. The zero-order valence-corrected chi connectivity index (χ0v) is 10.8. The summed E-state index contributed by atoms with van der Waals surface area (Å²) in [6.07, 6.45) is -7.96. The lowest BCUT2D eigenvalue weighted by atomic mass is 10.1. The number of alkyl halides is 5. The molecule has 1 heterocycles. The highest BCUT2D eigenvalue weighted by Gasteiger charge is 2.38. The molecule has 0 amide bonds. The fraction of sp³-hybridized carbons (Fsp3) is 0.333. The summed E-state index contributed by atoms with van der Waals surface area (Å²) in [5, 5.41) is 0. The van der Waals surface area contributed by atoms with E-state index in [0.29, 0.717) is 6.07 Å². The van der Waals surface area contributed by atoms with Crippen molar-refractivity contribution in [2.45, 2.75) is 12.6 Å². The molecule has 0 aliphatic carbocycles. The summed E-state index contributed by atoms with van der Waals surface area (Å²) in [7, 11) is 0.837. The van der Waals surface area contributed by atoms with Gasteiger partial charge in [0, 0.05) is 3.57 Å². The highest BCUT2D eigenvalue weighted by Crippen LogP contribution is 2.35. The van der Waals surface area contributed by atoms with Crippen molar-refractivity contribution in [3.05, 3.63) is 26.6 Å². The Kier molecular flexibility index (Phi) is 4.46. The van der Waals surface area contributed by atoms with Gasteiger partial charge in [-0.3, -0.25) is 0 Å². The van der Waals surface area contributed by atoms with Crippen LogP contribution in [-0.4, -0.2) is 18.1 Å². The molecule has 0 radical (unpaired) electrons. The lowest BCUT2D eigenvalue weighted by molar-refractivity contribution is -0.138. The maximum Gasteiger partial charge on any atom is 0.418 e. The molecule has 0 N–H and O–H groups in total. The average molecular weight is 381 g/mol. The molecule has 0 unspecified atom stereocenters. The Hall–Kier alpha value is -1.00. The topological polar surface area (TPSA) is 39.2 Å². The number of carbonyl (C=O) groups excluding carboxylic acids is 1. The summed E-state index contributed by atoms with van der Waals surface area (Å²) in [5.41, 5.74) is -3.45. The summed E-state index contributed by atoms with van der Waals surface area (Å²) in [5.74, 6) is -1.42. The van der Waals surface area contributed by atoms with Crippen LogP contribution >= 0.6 is 22.6 Å². The first-order valence-electron chi connectivity index (χ1n) is 4.32. The molecule has 0 aromatic carbocycles. The van der Waals surface area contributed by atoms with E-state index in [1.807, 2.05) is 0 Å². The van der Waals surface area contributed by atoms with Gasteiger partial charge in [-0.1, -0.05) is 0 Å². The van der Waals surface area contributed by atoms with E-state index in [4.69, 9.17) is 0 Å². The van der Waals surface area contributed by atoms with Crippen molar-refractivity contribution in [1.29, 1.82) is 0 Å². The van der Waals surface area contributed by atoms with Gasteiger partial charge in [0.15, 0.2) is 5.69 Å². The molecule has 9 heteroatoms. The van der Waals surface area contributed by atoms with Gasteiger partial charge in [-0.2, -0.15) is 13.2 Å². The minimum Gasteiger partial charge on any atom is -0.464 e. The van der Waals surface area contributed by atoms with Crippen LogP contribution in [0, 0.1) is 3.57 Å². The minimum atomic E-state index is -4.88. The quantitative estimate of drug-likeness (QED) is 0.448. The van der Waals surface area contributed by atoms with Crippen LogP contribution < -0.4 is 0 Å². The second kappa shape index (κ2) is 5.33. The van der Waals surface area contributed by atoms with E-state index in [2.05, 4.69) is 9.72 Å². The van der Waals surface area contributed by atoms with E-state index in [1.165, 1.54) is 22.6 Å². The maximum absolute atomic E-state index is 12.6. The van der Waals surface area contributed by atoms with Crippen molar-refractivity contribution < 1.29 is 31.5 Å². The molecular formula is C9H5F5INO2. The van der Waals surface area contributed by atoms with E-state index in [0.717, 1.165) is 7.11 Å². The highest BCUT2D eigenvalue weighted by atomic mass is 127. The molecule has 1 aromatic rings. The first kappa shape index (κ1) is 15.1. The predicted octanol–water partition coefficient (Wildman–Crippen LogP) is 3.43. The Balaban J connectivity index is 3.52. The summed E-state index contributed by atoms with van der Waals surface area (Å²) in [6.45, 7) is 0. The van der Waals surface area contributed by atoms with E-state index in [9.17, 15) is 26.7 Å². The van der Waals surface area contributed by atoms with Gasteiger partial charge in [0.2, 0.25) is 0 Å². The highest BCUT2D eigenvalue weighted by molar-refractivity contribution is 14.1. The molecule has 0 bridgehead atoms. The Labute approximate surface area is 111 Å². The summed E-state index contributed by atoms with van der Waals surface area (Å²) < 4.78 is 66.6. The van der Waals surface area contributed by atoms with Gasteiger partial charge in [0.1, 0.15) is 5.69 Å². The van der Waals surface area contributed by atoms with Crippen LogP contribution in [0.2, 0.25) is 0 Å². The molecule has 0 spiro atoms. The molecule has 1 rings (SSSR count). The summed E-state index contributed by atoms with van der Waals surface area (Å²) in [4.78, 5) is 14.2. The lowest BCUT2D eigenvalue weighted by Crippen LogP contribution is -2.18. The first-order chi connectivity index (χ1) is 8.18. The number of halogens is 6. The molecule has 3 nitrogen and oxygen atoms in total. The zero-order chi connectivity index (χ0) is 14.1. The van der Waals surface area contributed by atoms with Crippen LogP contribution in [0.4, 0.5) is 22.0 Å². The number of esters is 1.